The lowest BCUT2D eigenvalue weighted by atomic mass is 10.1. The van der Waals surface area contributed by atoms with Gasteiger partial charge in [-0.25, -0.2) is 23.4 Å². The lowest BCUT2D eigenvalue weighted by Crippen LogP contribution is -2.48. The molecular formula is C25H26N6O3S. The fraction of sp³-hybridized carbons (Fsp3) is 0.320. The largest absolute Gasteiger partial charge is 0.371 e. The minimum Gasteiger partial charge on any atom is -0.371 e. The van der Waals surface area contributed by atoms with Crippen LogP contribution < -0.4 is 4.90 Å². The Balaban J connectivity index is 1.28. The van der Waals surface area contributed by atoms with E-state index in [1.165, 1.54) is 16.1 Å². The summed E-state index contributed by atoms with van der Waals surface area (Å²) in [5, 5.41) is 0. The molecule has 1 saturated heterocycles. The highest BCUT2D eigenvalue weighted by molar-refractivity contribution is 7.88. The summed E-state index contributed by atoms with van der Waals surface area (Å²) < 4.78 is 33.2. The number of ether oxygens (including phenoxy) is 1. The topological polar surface area (TPSA) is 93.5 Å². The Hall–Kier alpha value is -3.34. The molecule has 4 heterocycles. The van der Waals surface area contributed by atoms with Gasteiger partial charge in [0.2, 0.25) is 16.0 Å². The smallest absolute Gasteiger partial charge is 0.225 e. The van der Waals surface area contributed by atoms with Crippen molar-refractivity contribution in [2.45, 2.75) is 12.6 Å². The number of imidazole rings is 1. The molecule has 2 aromatic carbocycles. The zero-order valence-electron chi connectivity index (χ0n) is 19.4. The Bertz CT molecular complexity index is 1460. The second kappa shape index (κ2) is 8.71. The molecular weight excluding hydrogens is 464 g/mol. The van der Waals surface area contributed by atoms with Gasteiger partial charge < -0.3 is 14.2 Å². The number of fused-ring (bicyclic) bond motifs is 3. The van der Waals surface area contributed by atoms with Crippen LogP contribution in [0.4, 0.5) is 5.95 Å². The second-order valence-electron chi connectivity index (χ2n) is 8.96. The van der Waals surface area contributed by atoms with Crippen LogP contribution in [-0.2, 0) is 21.4 Å². The van der Waals surface area contributed by atoms with Crippen LogP contribution in [-0.4, -0.2) is 71.3 Å². The molecule has 2 aromatic heterocycles. The lowest BCUT2D eigenvalue weighted by Gasteiger charge is -2.33. The molecule has 0 saturated carbocycles. The summed E-state index contributed by atoms with van der Waals surface area (Å²) in [6, 6.07) is 16.7. The van der Waals surface area contributed by atoms with Crippen LogP contribution in [0.1, 0.15) is 17.4 Å². The van der Waals surface area contributed by atoms with Gasteiger partial charge in [-0.05, 0) is 23.3 Å². The van der Waals surface area contributed by atoms with Gasteiger partial charge in [0.25, 0.3) is 0 Å². The molecule has 4 aromatic rings. The van der Waals surface area contributed by atoms with E-state index in [0.29, 0.717) is 45.3 Å². The number of anilines is 1. The zero-order chi connectivity index (χ0) is 24.0. The Morgan fingerprint density at radius 1 is 0.943 bits per heavy atom. The van der Waals surface area contributed by atoms with Crippen molar-refractivity contribution in [2.24, 2.45) is 0 Å². The van der Waals surface area contributed by atoms with Crippen molar-refractivity contribution in [3.63, 3.8) is 0 Å². The molecule has 2 aliphatic heterocycles. The summed E-state index contributed by atoms with van der Waals surface area (Å²) in [5.74, 6) is 1.54. The number of benzene rings is 2. The maximum atomic E-state index is 11.8. The van der Waals surface area contributed by atoms with Crippen molar-refractivity contribution >= 4 is 27.0 Å². The molecule has 0 amide bonds. The van der Waals surface area contributed by atoms with Gasteiger partial charge >= 0.3 is 0 Å². The van der Waals surface area contributed by atoms with E-state index in [9.17, 15) is 8.42 Å². The first-order chi connectivity index (χ1) is 17.0. The molecule has 0 radical (unpaired) electrons. The summed E-state index contributed by atoms with van der Waals surface area (Å²) >= 11 is 0. The maximum absolute atomic E-state index is 11.8. The predicted octanol–water partition coefficient (Wildman–Crippen LogP) is 2.69. The van der Waals surface area contributed by atoms with E-state index in [1.807, 2.05) is 47.6 Å². The molecule has 1 fully saturated rings. The molecule has 35 heavy (non-hydrogen) atoms. The molecule has 2 aliphatic rings. The molecule has 0 unspecified atom stereocenters. The van der Waals surface area contributed by atoms with Crippen LogP contribution in [0.2, 0.25) is 0 Å². The van der Waals surface area contributed by atoms with Gasteiger partial charge in [0, 0.05) is 44.1 Å². The van der Waals surface area contributed by atoms with Gasteiger partial charge in [-0.1, -0.05) is 36.4 Å². The third-order valence-corrected chi connectivity index (χ3v) is 8.03. The Morgan fingerprint density at radius 2 is 1.69 bits per heavy atom. The molecule has 6 rings (SSSR count). The summed E-state index contributed by atoms with van der Waals surface area (Å²) in [4.78, 5) is 16.0. The first-order valence-electron chi connectivity index (χ1n) is 11.6. The SMILES string of the molecule is CS(=O)(=O)N1CCN(c2ncc(-c3ccc4nc5n(c4c3)[C@@H](c3ccccc3)COC5)cn2)CC1. The van der Waals surface area contributed by atoms with E-state index in [4.69, 9.17) is 9.72 Å². The van der Waals surface area contributed by atoms with E-state index in [2.05, 4.69) is 32.7 Å². The number of aromatic nitrogens is 4. The lowest BCUT2D eigenvalue weighted by molar-refractivity contribution is 0.0679. The standard InChI is InChI=1S/C25H26N6O3S/c1-35(32,33)30-11-9-29(10-12-30)25-26-14-20(15-27-25)19-7-8-21-22(13-19)31-23(16-34-17-24(31)28-21)18-5-3-2-4-6-18/h2-8,13-15,23H,9-12,16-17H2,1H3/t23-/m1/s1. The monoisotopic (exact) mass is 490 g/mol. The van der Waals surface area contributed by atoms with Crippen LogP contribution in [0.15, 0.2) is 60.9 Å². The van der Waals surface area contributed by atoms with E-state index in [0.717, 1.165) is 28.0 Å². The van der Waals surface area contributed by atoms with Gasteiger partial charge in [-0.3, -0.25) is 0 Å². The fourth-order valence-electron chi connectivity index (χ4n) is 4.88. The van der Waals surface area contributed by atoms with Crippen molar-refractivity contribution in [3.05, 3.63) is 72.3 Å². The van der Waals surface area contributed by atoms with Gasteiger partial charge in [0.1, 0.15) is 12.4 Å². The van der Waals surface area contributed by atoms with Crippen molar-refractivity contribution in [1.82, 2.24) is 23.8 Å². The van der Waals surface area contributed by atoms with E-state index >= 15 is 0 Å². The van der Waals surface area contributed by atoms with Gasteiger partial charge in [0.05, 0.1) is 29.9 Å². The van der Waals surface area contributed by atoms with Crippen molar-refractivity contribution < 1.29 is 13.2 Å². The Morgan fingerprint density at radius 3 is 2.40 bits per heavy atom. The zero-order valence-corrected chi connectivity index (χ0v) is 20.2. The summed E-state index contributed by atoms with van der Waals surface area (Å²) in [6.45, 7) is 3.14. The van der Waals surface area contributed by atoms with Gasteiger partial charge in [-0.15, -0.1) is 0 Å². The minimum atomic E-state index is -3.17. The highest BCUT2D eigenvalue weighted by atomic mass is 32.2. The highest BCUT2D eigenvalue weighted by Crippen LogP contribution is 2.32. The van der Waals surface area contributed by atoms with Crippen LogP contribution in [0.3, 0.4) is 0 Å². The summed E-state index contributed by atoms with van der Waals surface area (Å²) in [6.07, 6.45) is 4.91. The minimum absolute atomic E-state index is 0.0735. The second-order valence-corrected chi connectivity index (χ2v) is 10.9. The first kappa shape index (κ1) is 22.1. The fourth-order valence-corrected chi connectivity index (χ4v) is 5.71. The Kier molecular flexibility index (Phi) is 5.51. The molecule has 0 N–H and O–H groups in total. The average molecular weight is 491 g/mol. The van der Waals surface area contributed by atoms with Crippen LogP contribution >= 0.6 is 0 Å². The van der Waals surface area contributed by atoms with Gasteiger partial charge in [-0.2, -0.15) is 4.31 Å². The summed E-state index contributed by atoms with van der Waals surface area (Å²) in [7, 11) is -3.17. The average Bonchev–Trinajstić information content (AvgIpc) is 3.27. The van der Waals surface area contributed by atoms with Crippen molar-refractivity contribution in [2.75, 3.05) is 43.9 Å². The third kappa shape index (κ3) is 4.18. The van der Waals surface area contributed by atoms with Gasteiger partial charge in [0.15, 0.2) is 0 Å². The van der Waals surface area contributed by atoms with E-state index in [-0.39, 0.29) is 6.04 Å². The number of piperazine rings is 1. The van der Waals surface area contributed by atoms with E-state index < -0.39 is 10.0 Å². The third-order valence-electron chi connectivity index (χ3n) is 6.73. The highest BCUT2D eigenvalue weighted by Gasteiger charge is 2.26. The van der Waals surface area contributed by atoms with Crippen LogP contribution in [0.5, 0.6) is 0 Å². The molecule has 0 bridgehead atoms. The molecule has 9 nitrogen and oxygen atoms in total. The first-order valence-corrected chi connectivity index (χ1v) is 13.5. The Labute approximate surface area is 204 Å². The quantitative estimate of drug-likeness (QED) is 0.434. The predicted molar refractivity (Wildman–Crippen MR) is 134 cm³/mol. The number of nitrogens with zero attached hydrogens (tertiary/aromatic N) is 6. The molecule has 180 valence electrons. The number of sulfonamides is 1. The number of hydrogen-bond acceptors (Lipinski definition) is 7. The van der Waals surface area contributed by atoms with Crippen LogP contribution in [0, 0.1) is 0 Å². The number of rotatable bonds is 4. The van der Waals surface area contributed by atoms with E-state index in [1.54, 1.807) is 0 Å². The maximum Gasteiger partial charge on any atom is 0.225 e. The van der Waals surface area contributed by atoms with Crippen LogP contribution in [0.25, 0.3) is 22.2 Å². The normalized spacial score (nSPS) is 19.1. The molecule has 10 heteroatoms. The molecule has 0 aliphatic carbocycles. The van der Waals surface area contributed by atoms with Crippen molar-refractivity contribution in [1.29, 1.82) is 0 Å². The molecule has 0 spiro atoms. The number of hydrogen-bond donors (Lipinski definition) is 0. The molecule has 1 atom stereocenters. The summed E-state index contributed by atoms with van der Waals surface area (Å²) in [5.41, 5.74) is 5.14. The van der Waals surface area contributed by atoms with Crippen molar-refractivity contribution in [3.8, 4) is 11.1 Å².